The molecule has 2 aromatic rings. The monoisotopic (exact) mass is 201 g/mol. The van der Waals surface area contributed by atoms with Crippen molar-refractivity contribution in [3.8, 4) is 5.75 Å². The van der Waals surface area contributed by atoms with Crippen LogP contribution in [0.1, 0.15) is 5.56 Å². The number of hydrogen-bond donors (Lipinski definition) is 1. The highest BCUT2D eigenvalue weighted by Crippen LogP contribution is 2.25. The van der Waals surface area contributed by atoms with Gasteiger partial charge < -0.3 is 5.11 Å². The smallest absolute Gasteiger partial charge is 0.187 e. The van der Waals surface area contributed by atoms with Crippen LogP contribution in [-0.2, 0) is 0 Å². The van der Waals surface area contributed by atoms with Gasteiger partial charge in [-0.3, -0.25) is 4.98 Å². The van der Waals surface area contributed by atoms with Gasteiger partial charge in [-0.15, -0.1) is 0 Å². The first kappa shape index (κ1) is 10.8. The highest BCUT2D eigenvalue weighted by Gasteiger charge is 2.02. The molecule has 1 aromatic heterocycles. The van der Waals surface area contributed by atoms with E-state index in [1.165, 1.54) is 0 Å². The van der Waals surface area contributed by atoms with E-state index in [0.29, 0.717) is 5.52 Å². The lowest BCUT2D eigenvalue weighted by Crippen LogP contribution is -1.81. The van der Waals surface area contributed by atoms with E-state index in [2.05, 4.69) is 11.6 Å². The minimum absolute atomic E-state index is 0. The Hall–Kier alpha value is -1.30. The van der Waals surface area contributed by atoms with E-state index in [1.54, 1.807) is 18.3 Å². The van der Waals surface area contributed by atoms with Crippen LogP contribution in [0.5, 0.6) is 5.75 Å². The zero-order chi connectivity index (χ0) is 9.26. The molecule has 1 N–H and O–H groups in total. The largest absolute Gasteiger partial charge is 0.506 e. The van der Waals surface area contributed by atoms with E-state index in [0.717, 1.165) is 10.9 Å². The van der Waals surface area contributed by atoms with Crippen molar-refractivity contribution in [2.24, 2.45) is 0 Å². The van der Waals surface area contributed by atoms with E-state index >= 15 is 0 Å². The van der Waals surface area contributed by atoms with Gasteiger partial charge in [0.1, 0.15) is 11.3 Å². The molecule has 0 aliphatic rings. The van der Waals surface area contributed by atoms with Crippen molar-refractivity contribution in [2.45, 2.75) is 0 Å². The highest BCUT2D eigenvalue weighted by molar-refractivity contribution is 5.91. The zero-order valence-corrected chi connectivity index (χ0v) is 7.07. The number of pyridine rings is 1. The molecule has 0 spiro atoms. The molecule has 0 saturated carbocycles. The van der Waals surface area contributed by atoms with E-state index in [1.807, 2.05) is 18.2 Å². The molecule has 1 aromatic carbocycles. The van der Waals surface area contributed by atoms with Crippen LogP contribution >= 0.6 is 0 Å². The molecule has 2 rings (SSSR count). The fourth-order valence-electron chi connectivity index (χ4n) is 1.36. The Morgan fingerprint density at radius 3 is 2.79 bits per heavy atom. The van der Waals surface area contributed by atoms with Crippen molar-refractivity contribution in [3.05, 3.63) is 42.6 Å². The number of hydrogen-bond acceptors (Lipinski definition) is 2. The fraction of sp³-hybridized carbons (Fsp3) is 0. The van der Waals surface area contributed by atoms with Crippen LogP contribution in [0.2, 0.25) is 0 Å². The standard InChI is InChI=1S/C11H9NO.Al.3H/c1-2-8-5-6-10(13)11-9(8)4-3-7-12-11;;;;/h2-7,13H,1H2;;;;. The molecule has 14 heavy (non-hydrogen) atoms. The summed E-state index contributed by atoms with van der Waals surface area (Å²) in [7, 11) is 0. The Morgan fingerprint density at radius 2 is 2.07 bits per heavy atom. The third kappa shape index (κ3) is 1.65. The summed E-state index contributed by atoms with van der Waals surface area (Å²) in [6.45, 7) is 3.70. The average molecular weight is 201 g/mol. The van der Waals surface area contributed by atoms with Crippen LogP contribution in [0.3, 0.4) is 0 Å². The van der Waals surface area contributed by atoms with Gasteiger partial charge in [0, 0.05) is 11.6 Å². The molecule has 0 saturated heterocycles. The summed E-state index contributed by atoms with van der Waals surface area (Å²) in [5.41, 5.74) is 1.61. The number of aromatic hydroxyl groups is 1. The molecule has 70 valence electrons. The van der Waals surface area contributed by atoms with Gasteiger partial charge in [-0.1, -0.05) is 24.8 Å². The normalized spacial score (nSPS) is 9.43. The maximum atomic E-state index is 9.49. The number of nitrogens with zero attached hydrogens (tertiary/aromatic N) is 1. The van der Waals surface area contributed by atoms with E-state index in [4.69, 9.17) is 0 Å². The van der Waals surface area contributed by atoms with Crippen LogP contribution in [0.4, 0.5) is 0 Å². The number of phenols is 1. The topological polar surface area (TPSA) is 33.1 Å². The van der Waals surface area contributed by atoms with E-state index < -0.39 is 0 Å². The fourth-order valence-corrected chi connectivity index (χ4v) is 1.36. The van der Waals surface area contributed by atoms with Gasteiger partial charge in [-0.2, -0.15) is 0 Å². The van der Waals surface area contributed by atoms with Crippen molar-refractivity contribution in [1.29, 1.82) is 0 Å². The molecule has 1 heterocycles. The first-order chi connectivity index (χ1) is 6.33. The molecule has 0 unspecified atom stereocenters. The third-order valence-electron chi connectivity index (χ3n) is 2.00. The zero-order valence-electron chi connectivity index (χ0n) is 7.07. The molecule has 0 aliphatic heterocycles. The second-order valence-corrected chi connectivity index (χ2v) is 2.78. The number of phenolic OH excluding ortho intramolecular Hbond substituents is 1. The average Bonchev–Trinajstić information content (AvgIpc) is 2.19. The Bertz CT molecular complexity index is 468. The summed E-state index contributed by atoms with van der Waals surface area (Å²) in [5.74, 6) is 0.209. The first-order valence-electron chi connectivity index (χ1n) is 4.02. The molecule has 0 atom stereocenters. The molecule has 3 heteroatoms. The Morgan fingerprint density at radius 1 is 1.29 bits per heavy atom. The SMILES string of the molecule is C=Cc1ccc(O)c2ncccc12.[AlH3]. The van der Waals surface area contributed by atoms with Crippen molar-refractivity contribution in [1.82, 2.24) is 4.98 Å². The molecule has 0 radical (unpaired) electrons. The number of rotatable bonds is 1. The van der Waals surface area contributed by atoms with Gasteiger partial charge in [0.2, 0.25) is 0 Å². The summed E-state index contributed by atoms with van der Waals surface area (Å²) in [4.78, 5) is 4.09. The van der Waals surface area contributed by atoms with Gasteiger partial charge in [0.05, 0.1) is 0 Å². The molecular formula is C11H12AlNO. The van der Waals surface area contributed by atoms with Crippen molar-refractivity contribution < 1.29 is 5.11 Å². The van der Waals surface area contributed by atoms with Crippen molar-refractivity contribution in [2.75, 3.05) is 0 Å². The summed E-state index contributed by atoms with van der Waals surface area (Å²) in [5, 5.41) is 10.4. The second kappa shape index (κ2) is 4.28. The Balaban J connectivity index is 0.000000980. The van der Waals surface area contributed by atoms with Gasteiger partial charge in [0.25, 0.3) is 0 Å². The number of fused-ring (bicyclic) bond motifs is 1. The molecular weight excluding hydrogens is 189 g/mol. The Labute approximate surface area is 93.0 Å². The van der Waals surface area contributed by atoms with Gasteiger partial charge in [0.15, 0.2) is 17.4 Å². The lowest BCUT2D eigenvalue weighted by atomic mass is 10.1. The van der Waals surface area contributed by atoms with E-state index in [9.17, 15) is 5.11 Å². The van der Waals surface area contributed by atoms with Gasteiger partial charge in [-0.25, -0.2) is 0 Å². The van der Waals surface area contributed by atoms with Crippen LogP contribution in [-0.4, -0.2) is 27.5 Å². The maximum absolute atomic E-state index is 9.49. The molecule has 0 aliphatic carbocycles. The lowest BCUT2D eigenvalue weighted by Gasteiger charge is -2.02. The van der Waals surface area contributed by atoms with Crippen LogP contribution in [0, 0.1) is 0 Å². The lowest BCUT2D eigenvalue weighted by molar-refractivity contribution is 0.480. The summed E-state index contributed by atoms with van der Waals surface area (Å²) < 4.78 is 0. The van der Waals surface area contributed by atoms with E-state index in [-0.39, 0.29) is 23.1 Å². The van der Waals surface area contributed by atoms with Crippen LogP contribution in [0.15, 0.2) is 37.0 Å². The molecule has 0 fully saturated rings. The molecule has 0 bridgehead atoms. The first-order valence-corrected chi connectivity index (χ1v) is 4.02. The number of aromatic nitrogens is 1. The minimum Gasteiger partial charge on any atom is -0.506 e. The molecule has 0 amide bonds. The third-order valence-corrected chi connectivity index (χ3v) is 2.00. The molecule has 2 nitrogen and oxygen atoms in total. The van der Waals surface area contributed by atoms with Crippen LogP contribution < -0.4 is 0 Å². The predicted octanol–water partition coefficient (Wildman–Crippen LogP) is 1.40. The van der Waals surface area contributed by atoms with Gasteiger partial charge in [-0.05, 0) is 17.7 Å². The Kier molecular flexibility index (Phi) is 3.29. The summed E-state index contributed by atoms with van der Waals surface area (Å²) >= 11 is 0. The van der Waals surface area contributed by atoms with Crippen molar-refractivity contribution >= 4 is 34.3 Å². The van der Waals surface area contributed by atoms with Crippen LogP contribution in [0.25, 0.3) is 17.0 Å². The maximum Gasteiger partial charge on any atom is 0.187 e. The highest BCUT2D eigenvalue weighted by atomic mass is 27.0. The number of benzene rings is 1. The van der Waals surface area contributed by atoms with Crippen molar-refractivity contribution in [3.63, 3.8) is 0 Å². The minimum atomic E-state index is 0. The van der Waals surface area contributed by atoms with Gasteiger partial charge >= 0.3 is 0 Å². The summed E-state index contributed by atoms with van der Waals surface area (Å²) in [6.07, 6.45) is 3.42. The summed E-state index contributed by atoms with van der Waals surface area (Å²) in [6, 6.07) is 7.21. The predicted molar refractivity (Wildman–Crippen MR) is 63.4 cm³/mol. The quantitative estimate of drug-likeness (QED) is 0.707. The second-order valence-electron chi connectivity index (χ2n) is 2.78.